The van der Waals surface area contributed by atoms with Gasteiger partial charge in [-0.1, -0.05) is 81.0 Å². The zero-order valence-electron chi connectivity index (χ0n) is 15.7. The first-order chi connectivity index (χ1) is 12.1. The highest BCUT2D eigenvalue weighted by Gasteiger charge is 2.55. The highest BCUT2D eigenvalue weighted by molar-refractivity contribution is 5.56. The molecule has 1 fully saturated rings. The summed E-state index contributed by atoms with van der Waals surface area (Å²) in [7, 11) is 0. The van der Waals surface area contributed by atoms with Gasteiger partial charge in [0.1, 0.15) is 0 Å². The van der Waals surface area contributed by atoms with E-state index < -0.39 is 0 Å². The van der Waals surface area contributed by atoms with Crippen LogP contribution in [-0.2, 0) is 0 Å². The average molecular weight is 332 g/mol. The molecule has 0 aromatic rings. The summed E-state index contributed by atoms with van der Waals surface area (Å²) < 4.78 is 0. The summed E-state index contributed by atoms with van der Waals surface area (Å²) in [5, 5.41) is 3.72. The standard InChI is InChI=1S/C24H29N/c1-5-18-14-23(25-15-21(18)19-10-6-7-11-19)20-12-8-9-13-22(20)24(4)16(2)17(24)3/h6,8-11,13-15,17,20,23,25H,2,5,7,12H2,1,3-4H3. The highest BCUT2D eigenvalue weighted by atomic mass is 14.9. The van der Waals surface area contributed by atoms with Gasteiger partial charge in [0.2, 0.25) is 0 Å². The molecule has 4 rings (SSSR count). The first-order valence-electron chi connectivity index (χ1n) is 9.68. The van der Waals surface area contributed by atoms with Gasteiger partial charge in [-0.3, -0.25) is 0 Å². The van der Waals surface area contributed by atoms with E-state index in [-0.39, 0.29) is 5.41 Å². The van der Waals surface area contributed by atoms with Gasteiger partial charge in [-0.2, -0.15) is 0 Å². The van der Waals surface area contributed by atoms with Crippen LogP contribution in [0, 0.1) is 17.3 Å². The molecule has 4 atom stereocenters. The summed E-state index contributed by atoms with van der Waals surface area (Å²) in [5.74, 6) is 1.12. The summed E-state index contributed by atoms with van der Waals surface area (Å²) in [6, 6.07) is 0.373. The van der Waals surface area contributed by atoms with Gasteiger partial charge in [-0.25, -0.2) is 0 Å². The predicted octanol–water partition coefficient (Wildman–Crippen LogP) is 5.78. The van der Waals surface area contributed by atoms with Crippen molar-refractivity contribution in [1.29, 1.82) is 0 Å². The quantitative estimate of drug-likeness (QED) is 0.644. The van der Waals surface area contributed by atoms with Crippen LogP contribution in [0.15, 0.2) is 83.2 Å². The average Bonchev–Trinajstić information content (AvgIpc) is 3.06. The van der Waals surface area contributed by atoms with Crippen molar-refractivity contribution < 1.29 is 0 Å². The van der Waals surface area contributed by atoms with Crippen LogP contribution in [0.1, 0.15) is 40.0 Å². The summed E-state index contributed by atoms with van der Waals surface area (Å²) in [5.41, 5.74) is 7.37. The van der Waals surface area contributed by atoms with E-state index in [1.165, 1.54) is 22.3 Å². The molecule has 0 aromatic carbocycles. The third kappa shape index (κ3) is 2.52. The SMILES string of the molecule is C=C1C(C)C1(C)C1=CC=CCC1C1C=C(CC)C(C2=CCC=C2)=CN1. The molecule has 1 saturated carbocycles. The van der Waals surface area contributed by atoms with E-state index in [9.17, 15) is 0 Å². The third-order valence-electron chi connectivity index (χ3n) is 6.82. The van der Waals surface area contributed by atoms with Crippen molar-refractivity contribution in [3.05, 3.63) is 83.2 Å². The summed E-state index contributed by atoms with van der Waals surface area (Å²) in [4.78, 5) is 0. The largest absolute Gasteiger partial charge is 0.384 e. The fourth-order valence-corrected chi connectivity index (χ4v) is 4.79. The van der Waals surface area contributed by atoms with Crippen LogP contribution < -0.4 is 5.32 Å². The molecule has 0 saturated heterocycles. The number of hydrogen-bond donors (Lipinski definition) is 1. The Morgan fingerprint density at radius 1 is 1.32 bits per heavy atom. The molecule has 0 bridgehead atoms. The van der Waals surface area contributed by atoms with E-state index in [0.717, 1.165) is 19.3 Å². The topological polar surface area (TPSA) is 12.0 Å². The van der Waals surface area contributed by atoms with Crippen LogP contribution in [0.4, 0.5) is 0 Å². The van der Waals surface area contributed by atoms with Crippen LogP contribution in [-0.4, -0.2) is 6.04 Å². The van der Waals surface area contributed by atoms with E-state index in [1.54, 1.807) is 5.57 Å². The molecule has 1 heteroatoms. The van der Waals surface area contributed by atoms with Crippen LogP contribution in [0.2, 0.25) is 0 Å². The molecule has 4 aliphatic rings. The minimum Gasteiger partial charge on any atom is -0.384 e. The third-order valence-corrected chi connectivity index (χ3v) is 6.82. The number of nitrogens with one attached hydrogen (secondary N) is 1. The smallest absolute Gasteiger partial charge is 0.0513 e. The van der Waals surface area contributed by atoms with Crippen molar-refractivity contribution in [2.45, 2.75) is 46.1 Å². The fourth-order valence-electron chi connectivity index (χ4n) is 4.79. The van der Waals surface area contributed by atoms with Crippen molar-refractivity contribution >= 4 is 0 Å². The molecule has 0 radical (unpaired) electrons. The lowest BCUT2D eigenvalue weighted by atomic mass is 9.75. The Bertz CT molecular complexity index is 783. The Morgan fingerprint density at radius 3 is 2.76 bits per heavy atom. The number of hydrogen-bond acceptors (Lipinski definition) is 1. The maximum atomic E-state index is 4.32. The zero-order chi connectivity index (χ0) is 17.6. The van der Waals surface area contributed by atoms with Gasteiger partial charge >= 0.3 is 0 Å². The second kappa shape index (κ2) is 6.05. The minimum atomic E-state index is 0.192. The molecule has 1 N–H and O–H groups in total. The van der Waals surface area contributed by atoms with E-state index in [1.807, 2.05) is 0 Å². The van der Waals surface area contributed by atoms with Gasteiger partial charge in [-0.05, 0) is 41.9 Å². The molecular formula is C24H29N. The van der Waals surface area contributed by atoms with Crippen LogP contribution in [0.5, 0.6) is 0 Å². The van der Waals surface area contributed by atoms with E-state index >= 15 is 0 Å². The molecule has 1 heterocycles. The van der Waals surface area contributed by atoms with E-state index in [2.05, 4.69) is 81.4 Å². The zero-order valence-corrected chi connectivity index (χ0v) is 15.7. The molecule has 0 amide bonds. The Hall–Kier alpha value is -2.02. The first kappa shape index (κ1) is 16.4. The second-order valence-corrected chi connectivity index (χ2v) is 7.94. The van der Waals surface area contributed by atoms with Crippen molar-refractivity contribution in [2.24, 2.45) is 17.3 Å². The van der Waals surface area contributed by atoms with E-state index in [0.29, 0.717) is 17.9 Å². The van der Waals surface area contributed by atoms with Gasteiger partial charge in [0.15, 0.2) is 0 Å². The molecule has 25 heavy (non-hydrogen) atoms. The number of rotatable bonds is 4. The Labute approximate surface area is 152 Å². The molecule has 0 spiro atoms. The van der Waals surface area contributed by atoms with Crippen LogP contribution in [0.25, 0.3) is 0 Å². The second-order valence-electron chi connectivity index (χ2n) is 7.94. The van der Waals surface area contributed by atoms with Crippen molar-refractivity contribution in [2.75, 3.05) is 0 Å². The maximum Gasteiger partial charge on any atom is 0.0513 e. The van der Waals surface area contributed by atoms with Gasteiger partial charge in [0.25, 0.3) is 0 Å². The minimum absolute atomic E-state index is 0.192. The van der Waals surface area contributed by atoms with Crippen molar-refractivity contribution in [1.82, 2.24) is 5.32 Å². The highest BCUT2D eigenvalue weighted by Crippen LogP contribution is 2.64. The van der Waals surface area contributed by atoms with Crippen molar-refractivity contribution in [3.63, 3.8) is 0 Å². The predicted molar refractivity (Wildman–Crippen MR) is 107 cm³/mol. The first-order valence-corrected chi connectivity index (χ1v) is 9.68. The number of allylic oxidation sites excluding steroid dienone is 10. The molecule has 1 nitrogen and oxygen atoms in total. The fraction of sp³-hybridized carbons (Fsp3) is 0.417. The Morgan fingerprint density at radius 2 is 2.12 bits per heavy atom. The molecule has 1 aliphatic heterocycles. The lowest BCUT2D eigenvalue weighted by molar-refractivity contribution is 0.428. The normalized spacial score (nSPS) is 36.4. The van der Waals surface area contributed by atoms with Crippen LogP contribution >= 0.6 is 0 Å². The molecule has 3 aliphatic carbocycles. The molecule has 0 aromatic heterocycles. The molecular weight excluding hydrogens is 302 g/mol. The van der Waals surface area contributed by atoms with Gasteiger partial charge in [0.05, 0.1) is 6.04 Å². The van der Waals surface area contributed by atoms with Gasteiger partial charge in [-0.15, -0.1) is 0 Å². The monoisotopic (exact) mass is 331 g/mol. The lowest BCUT2D eigenvalue weighted by Crippen LogP contribution is -2.37. The maximum absolute atomic E-state index is 4.32. The lowest BCUT2D eigenvalue weighted by Gasteiger charge is -2.35. The van der Waals surface area contributed by atoms with Crippen molar-refractivity contribution in [3.8, 4) is 0 Å². The summed E-state index contributed by atoms with van der Waals surface area (Å²) in [6.07, 6.45) is 21.7. The summed E-state index contributed by atoms with van der Waals surface area (Å²) in [6.45, 7) is 11.3. The summed E-state index contributed by atoms with van der Waals surface area (Å²) >= 11 is 0. The van der Waals surface area contributed by atoms with Gasteiger partial charge in [0, 0.05) is 17.5 Å². The number of dihydropyridines is 1. The van der Waals surface area contributed by atoms with Crippen LogP contribution in [0.3, 0.4) is 0 Å². The Kier molecular flexibility index (Phi) is 3.98. The molecule has 130 valence electrons. The molecule has 4 unspecified atom stereocenters. The van der Waals surface area contributed by atoms with Gasteiger partial charge < -0.3 is 5.32 Å². The Balaban J connectivity index is 1.61. The van der Waals surface area contributed by atoms with E-state index in [4.69, 9.17) is 0 Å².